The van der Waals surface area contributed by atoms with Crippen LogP contribution in [0.4, 0.5) is 10.1 Å². The summed E-state index contributed by atoms with van der Waals surface area (Å²) in [5.74, 6) is -0.981. The number of hydrogen-bond donors (Lipinski definition) is 0. The summed E-state index contributed by atoms with van der Waals surface area (Å²) in [4.78, 5) is 24.2. The lowest BCUT2D eigenvalue weighted by molar-refractivity contribution is -0.139. The van der Waals surface area contributed by atoms with Gasteiger partial charge < -0.3 is 9.47 Å². The number of carbonyl (C=O) groups excluding carboxylic acids is 2. The highest BCUT2D eigenvalue weighted by molar-refractivity contribution is 6.32. The molecular weight excluding hydrogens is 303 g/mol. The number of halogens is 1. The Balaban J connectivity index is 2.42. The topological polar surface area (TPSA) is 68.2 Å². The van der Waals surface area contributed by atoms with E-state index in [0.717, 1.165) is 5.01 Å². The third-order valence-corrected chi connectivity index (χ3v) is 3.24. The van der Waals surface area contributed by atoms with E-state index in [2.05, 4.69) is 9.84 Å². The summed E-state index contributed by atoms with van der Waals surface area (Å²) in [6.45, 7) is 3.81. The summed E-state index contributed by atoms with van der Waals surface area (Å²) in [6, 6.07) is 5.33. The van der Waals surface area contributed by atoms with E-state index in [1.54, 1.807) is 13.8 Å². The average Bonchev–Trinajstić information content (AvgIpc) is 2.84. The second-order valence-electron chi connectivity index (χ2n) is 4.76. The highest BCUT2D eigenvalue weighted by atomic mass is 19.1. The highest BCUT2D eigenvalue weighted by Gasteiger charge is 2.34. The first-order chi connectivity index (χ1) is 11.0. The molecule has 0 aromatic heterocycles. The molecule has 0 unspecified atom stereocenters. The largest absolute Gasteiger partial charge is 0.498 e. The van der Waals surface area contributed by atoms with Crippen LogP contribution in [-0.2, 0) is 19.1 Å². The number of ether oxygens (including phenoxy) is 2. The van der Waals surface area contributed by atoms with Crippen LogP contribution in [-0.4, -0.2) is 31.3 Å². The lowest BCUT2D eigenvalue weighted by Crippen LogP contribution is -2.23. The maximum atomic E-state index is 13.0. The van der Waals surface area contributed by atoms with Gasteiger partial charge in [0.15, 0.2) is 0 Å². The number of rotatable bonds is 5. The normalized spacial score (nSPS) is 16.3. The van der Waals surface area contributed by atoms with Gasteiger partial charge in [-0.15, -0.1) is 0 Å². The number of nitrogens with zero attached hydrogens (tertiary/aromatic N) is 2. The number of anilines is 1. The number of benzene rings is 1. The summed E-state index contributed by atoms with van der Waals surface area (Å²) in [5, 5.41) is 5.30. The van der Waals surface area contributed by atoms with Crippen LogP contribution in [0.25, 0.3) is 0 Å². The van der Waals surface area contributed by atoms with Crippen LogP contribution in [0.2, 0.25) is 0 Å². The third kappa shape index (κ3) is 3.56. The van der Waals surface area contributed by atoms with Crippen molar-refractivity contribution in [1.82, 2.24) is 0 Å². The van der Waals surface area contributed by atoms with Crippen molar-refractivity contribution in [1.29, 1.82) is 0 Å². The molecule has 1 heterocycles. The van der Waals surface area contributed by atoms with Gasteiger partial charge in [0, 0.05) is 0 Å². The van der Waals surface area contributed by atoms with Crippen LogP contribution in [0.3, 0.4) is 0 Å². The van der Waals surface area contributed by atoms with Crippen molar-refractivity contribution >= 4 is 23.3 Å². The molecule has 1 aromatic carbocycles. The van der Waals surface area contributed by atoms with E-state index in [9.17, 15) is 14.0 Å². The zero-order chi connectivity index (χ0) is 17.0. The second kappa shape index (κ2) is 7.04. The Labute approximate surface area is 133 Å². The number of allylic oxidation sites excluding steroid dienone is 1. The van der Waals surface area contributed by atoms with Crippen molar-refractivity contribution in [2.45, 2.75) is 20.3 Å². The summed E-state index contributed by atoms with van der Waals surface area (Å²) < 4.78 is 23.1. The maximum absolute atomic E-state index is 13.0. The van der Waals surface area contributed by atoms with E-state index < -0.39 is 17.7 Å². The number of esters is 1. The Morgan fingerprint density at radius 1 is 1.30 bits per heavy atom. The van der Waals surface area contributed by atoms with Crippen LogP contribution in [0.5, 0.6) is 0 Å². The maximum Gasteiger partial charge on any atom is 0.311 e. The number of carbonyl (C=O) groups is 2. The van der Waals surface area contributed by atoms with Crippen LogP contribution >= 0.6 is 0 Å². The molecule has 2 rings (SSSR count). The van der Waals surface area contributed by atoms with E-state index in [1.807, 2.05) is 0 Å². The predicted molar refractivity (Wildman–Crippen MR) is 82.3 cm³/mol. The molecule has 0 fully saturated rings. The van der Waals surface area contributed by atoms with Gasteiger partial charge in [-0.25, -0.2) is 4.39 Å². The molecule has 122 valence electrons. The zero-order valence-electron chi connectivity index (χ0n) is 13.1. The quantitative estimate of drug-likeness (QED) is 0.475. The van der Waals surface area contributed by atoms with Crippen molar-refractivity contribution in [2.24, 2.45) is 5.10 Å². The Kier molecular flexibility index (Phi) is 5.10. The summed E-state index contributed by atoms with van der Waals surface area (Å²) in [7, 11) is 1.26. The molecule has 1 aliphatic heterocycles. The Hall–Kier alpha value is -2.70. The molecule has 6 nitrogen and oxygen atoms in total. The minimum atomic E-state index is -0.515. The van der Waals surface area contributed by atoms with E-state index in [1.165, 1.54) is 31.4 Å². The van der Waals surface area contributed by atoms with Gasteiger partial charge in [0.05, 0.1) is 31.5 Å². The number of methoxy groups -OCH3 is 1. The van der Waals surface area contributed by atoms with Crippen LogP contribution in [0.15, 0.2) is 40.7 Å². The fourth-order valence-electron chi connectivity index (χ4n) is 2.18. The molecule has 1 aromatic rings. The van der Waals surface area contributed by atoms with Crippen molar-refractivity contribution in [3.05, 3.63) is 41.4 Å². The lowest BCUT2D eigenvalue weighted by atomic mass is 10.1. The first-order valence-corrected chi connectivity index (χ1v) is 7.06. The Bertz CT molecular complexity index is 680. The van der Waals surface area contributed by atoms with Gasteiger partial charge in [-0.1, -0.05) is 0 Å². The first kappa shape index (κ1) is 16.7. The zero-order valence-corrected chi connectivity index (χ0v) is 13.1. The average molecular weight is 320 g/mol. The van der Waals surface area contributed by atoms with Crippen molar-refractivity contribution in [3.8, 4) is 0 Å². The molecular formula is C16H17FN2O4. The summed E-state index contributed by atoms with van der Waals surface area (Å²) >= 11 is 0. The fraction of sp³-hybridized carbons (Fsp3) is 0.312. The Morgan fingerprint density at radius 2 is 1.96 bits per heavy atom. The van der Waals surface area contributed by atoms with E-state index in [0.29, 0.717) is 18.1 Å². The van der Waals surface area contributed by atoms with Crippen molar-refractivity contribution < 1.29 is 23.5 Å². The SMILES string of the molecule is CCO/C(C)=C1\C(=O)N(c2ccc(F)cc2)N=C1CC(=O)OC. The van der Waals surface area contributed by atoms with Crippen LogP contribution < -0.4 is 5.01 Å². The lowest BCUT2D eigenvalue weighted by Gasteiger charge is -2.12. The molecule has 0 saturated heterocycles. The molecule has 0 saturated carbocycles. The van der Waals surface area contributed by atoms with E-state index in [4.69, 9.17) is 4.74 Å². The van der Waals surface area contributed by atoms with Gasteiger partial charge in [0.2, 0.25) is 0 Å². The standard InChI is InChI=1S/C16H17FN2O4/c1-4-23-10(2)15-13(9-14(20)22-3)18-19(16(15)21)12-7-5-11(17)6-8-12/h5-8H,4,9H2,1-3H3/b15-10-. The van der Waals surface area contributed by atoms with Gasteiger partial charge in [0.1, 0.15) is 17.1 Å². The molecule has 0 radical (unpaired) electrons. The smallest absolute Gasteiger partial charge is 0.311 e. The third-order valence-electron chi connectivity index (χ3n) is 3.24. The minimum Gasteiger partial charge on any atom is -0.498 e. The number of amides is 1. The van der Waals surface area contributed by atoms with Crippen LogP contribution in [0.1, 0.15) is 20.3 Å². The second-order valence-corrected chi connectivity index (χ2v) is 4.76. The molecule has 7 heteroatoms. The van der Waals surface area contributed by atoms with E-state index in [-0.39, 0.29) is 17.7 Å². The number of hydrogen-bond acceptors (Lipinski definition) is 5. The van der Waals surface area contributed by atoms with Gasteiger partial charge in [-0.3, -0.25) is 9.59 Å². The van der Waals surface area contributed by atoms with Gasteiger partial charge in [-0.05, 0) is 38.1 Å². The molecule has 0 spiro atoms. The summed E-state index contributed by atoms with van der Waals surface area (Å²) in [6.07, 6.45) is -0.153. The van der Waals surface area contributed by atoms with Gasteiger partial charge >= 0.3 is 5.97 Å². The highest BCUT2D eigenvalue weighted by Crippen LogP contribution is 2.27. The molecule has 0 bridgehead atoms. The fourth-order valence-corrected chi connectivity index (χ4v) is 2.18. The minimum absolute atomic E-state index is 0.153. The van der Waals surface area contributed by atoms with Gasteiger partial charge in [0.25, 0.3) is 5.91 Å². The van der Waals surface area contributed by atoms with E-state index >= 15 is 0 Å². The monoisotopic (exact) mass is 320 g/mol. The van der Waals surface area contributed by atoms with Crippen molar-refractivity contribution in [2.75, 3.05) is 18.7 Å². The van der Waals surface area contributed by atoms with Gasteiger partial charge in [-0.2, -0.15) is 10.1 Å². The number of hydrazone groups is 1. The summed E-state index contributed by atoms with van der Waals surface area (Å²) in [5.41, 5.74) is 0.886. The van der Waals surface area contributed by atoms with Crippen LogP contribution in [0, 0.1) is 5.82 Å². The first-order valence-electron chi connectivity index (χ1n) is 7.06. The molecule has 23 heavy (non-hydrogen) atoms. The van der Waals surface area contributed by atoms with Crippen molar-refractivity contribution in [3.63, 3.8) is 0 Å². The predicted octanol–water partition coefficient (Wildman–Crippen LogP) is 2.40. The molecule has 0 atom stereocenters. The molecule has 0 N–H and O–H groups in total. The Morgan fingerprint density at radius 3 is 2.52 bits per heavy atom. The molecule has 1 aliphatic rings. The molecule has 1 amide bonds. The molecule has 0 aliphatic carbocycles.